The first-order valence-electron chi connectivity index (χ1n) is 9.32. The molecule has 1 heterocycles. The molecule has 0 saturated heterocycles. The number of aromatic nitrogens is 2. The molecule has 152 valence electrons. The van der Waals surface area contributed by atoms with Gasteiger partial charge < -0.3 is 4.74 Å². The van der Waals surface area contributed by atoms with Gasteiger partial charge in [0.15, 0.2) is 4.90 Å². The number of ether oxygens (including phenoxy) is 1. The number of benzene rings is 2. The van der Waals surface area contributed by atoms with Crippen LogP contribution in [0.2, 0.25) is 0 Å². The van der Waals surface area contributed by atoms with Gasteiger partial charge in [-0.25, -0.2) is 8.42 Å². The van der Waals surface area contributed by atoms with Gasteiger partial charge >= 0.3 is 5.97 Å². The Morgan fingerprint density at radius 3 is 2.28 bits per heavy atom. The van der Waals surface area contributed by atoms with E-state index in [1.54, 1.807) is 39.0 Å². The Hall–Kier alpha value is -2.93. The molecule has 0 radical (unpaired) electrons. The van der Waals surface area contributed by atoms with Crippen molar-refractivity contribution in [3.63, 3.8) is 0 Å². The zero-order valence-corrected chi connectivity index (χ0v) is 17.9. The lowest BCUT2D eigenvalue weighted by molar-refractivity contribution is -0.138. The molecule has 0 saturated carbocycles. The number of rotatable bonds is 5. The van der Waals surface area contributed by atoms with Crippen LogP contribution < -0.4 is 4.74 Å². The Morgan fingerprint density at radius 2 is 1.69 bits per heavy atom. The van der Waals surface area contributed by atoms with E-state index < -0.39 is 21.7 Å². The maximum Gasteiger partial charge on any atom is 0.315 e. The summed E-state index contributed by atoms with van der Waals surface area (Å²) < 4.78 is 33.7. The van der Waals surface area contributed by atoms with Crippen molar-refractivity contribution in [1.29, 1.82) is 0 Å². The summed E-state index contributed by atoms with van der Waals surface area (Å²) in [6.07, 6.45) is 0. The molecule has 0 N–H and O–H groups in total. The van der Waals surface area contributed by atoms with E-state index >= 15 is 0 Å². The van der Waals surface area contributed by atoms with Gasteiger partial charge in [0.2, 0.25) is 15.7 Å². The Balaban J connectivity index is 2.29. The Bertz CT molecular complexity index is 1160. The number of nitrogens with zero attached hydrogens (tertiary/aromatic N) is 2. The van der Waals surface area contributed by atoms with Crippen molar-refractivity contribution in [1.82, 2.24) is 9.78 Å². The summed E-state index contributed by atoms with van der Waals surface area (Å²) in [6.45, 7) is 8.86. The molecule has 3 aromatic rings. The van der Waals surface area contributed by atoms with Crippen molar-refractivity contribution in [2.24, 2.45) is 5.92 Å². The average molecular weight is 413 g/mol. The Kier molecular flexibility index (Phi) is 5.61. The van der Waals surface area contributed by atoms with Gasteiger partial charge in [0.25, 0.3) is 0 Å². The summed E-state index contributed by atoms with van der Waals surface area (Å²) in [4.78, 5) is 12.4. The van der Waals surface area contributed by atoms with E-state index in [4.69, 9.17) is 4.74 Å². The van der Waals surface area contributed by atoms with Crippen molar-refractivity contribution in [2.45, 2.75) is 44.4 Å². The third kappa shape index (κ3) is 3.96. The summed E-state index contributed by atoms with van der Waals surface area (Å²) in [6, 6.07) is 13.8. The minimum absolute atomic E-state index is 0.0861. The minimum Gasteiger partial charge on any atom is -0.406 e. The number of sulfone groups is 1. The molecule has 0 aliphatic heterocycles. The smallest absolute Gasteiger partial charge is 0.315 e. The summed E-state index contributed by atoms with van der Waals surface area (Å²) in [7, 11) is -3.94. The summed E-state index contributed by atoms with van der Waals surface area (Å²) in [5, 5.41) is 4.44. The molecule has 0 aliphatic rings. The van der Waals surface area contributed by atoms with Gasteiger partial charge in [0.1, 0.15) is 0 Å². The van der Waals surface area contributed by atoms with Crippen LogP contribution in [-0.2, 0) is 14.6 Å². The van der Waals surface area contributed by atoms with Crippen LogP contribution in [0.1, 0.15) is 30.7 Å². The second-order valence-electron chi connectivity index (χ2n) is 7.31. The van der Waals surface area contributed by atoms with Crippen LogP contribution in [0.5, 0.6) is 5.88 Å². The van der Waals surface area contributed by atoms with Gasteiger partial charge in [-0.2, -0.15) is 9.78 Å². The number of esters is 1. The molecule has 6 nitrogen and oxygen atoms in total. The number of aryl methyl sites for hydroxylation is 3. The third-order valence-corrected chi connectivity index (χ3v) is 6.44. The summed E-state index contributed by atoms with van der Waals surface area (Å²) in [5.41, 5.74) is 2.87. The quantitative estimate of drug-likeness (QED) is 0.587. The molecule has 29 heavy (non-hydrogen) atoms. The van der Waals surface area contributed by atoms with E-state index in [0.717, 1.165) is 11.1 Å². The molecule has 0 amide bonds. The zero-order chi connectivity index (χ0) is 21.3. The fourth-order valence-corrected chi connectivity index (χ4v) is 4.57. The topological polar surface area (TPSA) is 78.3 Å². The predicted octanol–water partition coefficient (Wildman–Crippen LogP) is 4.19. The zero-order valence-electron chi connectivity index (χ0n) is 17.1. The standard InChI is InChI=1S/C22H24N2O4S/c1-14(2)22(25)28-21-20(29(26,27)18-9-7-6-8-10-18)17(5)23-24(21)19-12-11-15(3)13-16(19)4/h6-14H,1-5H3. The lowest BCUT2D eigenvalue weighted by Crippen LogP contribution is -2.18. The van der Waals surface area contributed by atoms with Gasteiger partial charge in [-0.3, -0.25) is 4.79 Å². The molecular weight excluding hydrogens is 388 g/mol. The molecule has 0 fully saturated rings. The van der Waals surface area contributed by atoms with Crippen molar-refractivity contribution in [3.05, 3.63) is 65.4 Å². The van der Waals surface area contributed by atoms with E-state index in [1.165, 1.54) is 16.8 Å². The highest BCUT2D eigenvalue weighted by Gasteiger charge is 2.32. The fourth-order valence-electron chi connectivity index (χ4n) is 3.03. The molecule has 7 heteroatoms. The molecule has 0 unspecified atom stereocenters. The fraction of sp³-hybridized carbons (Fsp3) is 0.273. The van der Waals surface area contributed by atoms with Crippen molar-refractivity contribution >= 4 is 15.8 Å². The second-order valence-corrected chi connectivity index (χ2v) is 9.20. The van der Waals surface area contributed by atoms with Crippen LogP contribution in [0.25, 0.3) is 5.69 Å². The predicted molar refractivity (Wildman–Crippen MR) is 110 cm³/mol. The van der Waals surface area contributed by atoms with Gasteiger partial charge in [-0.05, 0) is 44.5 Å². The lowest BCUT2D eigenvalue weighted by Gasteiger charge is -2.13. The maximum absolute atomic E-state index is 13.4. The summed E-state index contributed by atoms with van der Waals surface area (Å²) >= 11 is 0. The first-order chi connectivity index (χ1) is 13.6. The minimum atomic E-state index is -3.94. The first-order valence-corrected chi connectivity index (χ1v) is 10.8. The number of hydrogen-bond donors (Lipinski definition) is 0. The molecule has 2 aromatic carbocycles. The number of hydrogen-bond acceptors (Lipinski definition) is 5. The highest BCUT2D eigenvalue weighted by molar-refractivity contribution is 7.91. The van der Waals surface area contributed by atoms with Crippen LogP contribution in [0.4, 0.5) is 0 Å². The first kappa shape index (κ1) is 20.8. The van der Waals surface area contributed by atoms with Crippen molar-refractivity contribution in [3.8, 4) is 11.6 Å². The van der Waals surface area contributed by atoms with Gasteiger partial charge in [0.05, 0.1) is 22.2 Å². The monoisotopic (exact) mass is 412 g/mol. The average Bonchev–Trinajstić information content (AvgIpc) is 2.98. The Morgan fingerprint density at radius 1 is 1.03 bits per heavy atom. The van der Waals surface area contributed by atoms with Gasteiger partial charge in [-0.1, -0.05) is 49.7 Å². The SMILES string of the molecule is Cc1ccc(-n2nc(C)c(S(=O)(=O)c3ccccc3)c2OC(=O)C(C)C)c(C)c1. The molecule has 0 spiro atoms. The third-order valence-electron chi connectivity index (χ3n) is 4.54. The van der Waals surface area contributed by atoms with Crippen molar-refractivity contribution < 1.29 is 17.9 Å². The molecule has 0 aliphatic carbocycles. The van der Waals surface area contributed by atoms with E-state index in [1.807, 2.05) is 32.0 Å². The van der Waals surface area contributed by atoms with Gasteiger partial charge in [0, 0.05) is 0 Å². The van der Waals surface area contributed by atoms with E-state index in [0.29, 0.717) is 5.69 Å². The largest absolute Gasteiger partial charge is 0.406 e. The number of carbonyl (C=O) groups excluding carboxylic acids is 1. The second kappa shape index (κ2) is 7.83. The highest BCUT2D eigenvalue weighted by Crippen LogP contribution is 2.35. The van der Waals surface area contributed by atoms with E-state index in [-0.39, 0.29) is 21.4 Å². The normalized spacial score (nSPS) is 11.7. The van der Waals surface area contributed by atoms with Crippen LogP contribution in [0.3, 0.4) is 0 Å². The Labute approximate surface area is 171 Å². The molecule has 3 rings (SSSR count). The van der Waals surface area contributed by atoms with Gasteiger partial charge in [-0.15, -0.1) is 0 Å². The highest BCUT2D eigenvalue weighted by atomic mass is 32.2. The van der Waals surface area contributed by atoms with Crippen molar-refractivity contribution in [2.75, 3.05) is 0 Å². The molecule has 0 bridgehead atoms. The number of carbonyl (C=O) groups is 1. The van der Waals surface area contributed by atoms with Crippen LogP contribution >= 0.6 is 0 Å². The van der Waals surface area contributed by atoms with Crippen LogP contribution in [0.15, 0.2) is 58.3 Å². The van der Waals surface area contributed by atoms with Crippen LogP contribution in [0, 0.1) is 26.7 Å². The lowest BCUT2D eigenvalue weighted by atomic mass is 10.1. The maximum atomic E-state index is 13.4. The van der Waals surface area contributed by atoms with E-state index in [9.17, 15) is 13.2 Å². The summed E-state index contributed by atoms with van der Waals surface area (Å²) in [5.74, 6) is -1.04. The van der Waals surface area contributed by atoms with Crippen LogP contribution in [-0.4, -0.2) is 24.2 Å². The molecule has 0 atom stereocenters. The molecule has 1 aromatic heterocycles. The van der Waals surface area contributed by atoms with E-state index in [2.05, 4.69) is 5.10 Å². The molecular formula is C22H24N2O4S.